The Bertz CT molecular complexity index is 131. The smallest absolute Gasteiger partial charge is 0.00207 e. The van der Waals surface area contributed by atoms with Crippen LogP contribution in [0, 0.1) is 11.8 Å². The van der Waals surface area contributed by atoms with Crippen molar-refractivity contribution < 1.29 is 0 Å². The molecule has 0 aromatic rings. The molecule has 0 bridgehead atoms. The summed E-state index contributed by atoms with van der Waals surface area (Å²) in [5, 5.41) is 3.57. The van der Waals surface area contributed by atoms with Gasteiger partial charge in [-0.25, -0.2) is 0 Å². The first-order valence-corrected chi connectivity index (χ1v) is 7.39. The van der Waals surface area contributed by atoms with Crippen molar-refractivity contribution in [3.63, 3.8) is 0 Å². The summed E-state index contributed by atoms with van der Waals surface area (Å²) in [5.74, 6) is 1.62. The van der Waals surface area contributed by atoms with Gasteiger partial charge >= 0.3 is 0 Å². The number of hydrogen-bond donors (Lipinski definition) is 1. The standard InChI is InChI=1S/C15H33N/c1-5-6-7-8-9-10-11-12-16-13-15(4)14(2)3/h14-16H,5-13H2,1-4H3. The van der Waals surface area contributed by atoms with Gasteiger partial charge in [0.25, 0.3) is 0 Å². The molecule has 0 aromatic carbocycles. The Labute approximate surface area is 103 Å². The zero-order chi connectivity index (χ0) is 12.2. The summed E-state index contributed by atoms with van der Waals surface area (Å²) in [7, 11) is 0. The second-order valence-corrected chi connectivity index (χ2v) is 5.55. The lowest BCUT2D eigenvalue weighted by molar-refractivity contribution is 0.390. The van der Waals surface area contributed by atoms with Gasteiger partial charge in [-0.3, -0.25) is 0 Å². The molecule has 0 amide bonds. The van der Waals surface area contributed by atoms with Crippen LogP contribution in [0.15, 0.2) is 0 Å². The van der Waals surface area contributed by atoms with Crippen LogP contribution in [0.4, 0.5) is 0 Å². The summed E-state index contributed by atoms with van der Waals surface area (Å²) in [6, 6.07) is 0. The summed E-state index contributed by atoms with van der Waals surface area (Å²) in [5.41, 5.74) is 0. The molecule has 0 aliphatic carbocycles. The van der Waals surface area contributed by atoms with Gasteiger partial charge in [0.1, 0.15) is 0 Å². The molecule has 0 rings (SSSR count). The molecule has 1 N–H and O–H groups in total. The van der Waals surface area contributed by atoms with E-state index in [9.17, 15) is 0 Å². The zero-order valence-corrected chi connectivity index (χ0v) is 12.0. The minimum atomic E-state index is 0.807. The first-order chi connectivity index (χ1) is 7.68. The first kappa shape index (κ1) is 16.0. The molecule has 0 saturated carbocycles. The van der Waals surface area contributed by atoms with Crippen LogP contribution in [0.3, 0.4) is 0 Å². The maximum atomic E-state index is 3.57. The molecular weight excluding hydrogens is 194 g/mol. The van der Waals surface area contributed by atoms with Crippen molar-refractivity contribution in [2.45, 2.75) is 72.6 Å². The van der Waals surface area contributed by atoms with E-state index in [2.05, 4.69) is 33.0 Å². The monoisotopic (exact) mass is 227 g/mol. The van der Waals surface area contributed by atoms with E-state index >= 15 is 0 Å². The van der Waals surface area contributed by atoms with Crippen molar-refractivity contribution in [1.82, 2.24) is 5.32 Å². The van der Waals surface area contributed by atoms with Gasteiger partial charge in [-0.15, -0.1) is 0 Å². The minimum absolute atomic E-state index is 0.807. The maximum Gasteiger partial charge on any atom is -0.00207 e. The Morgan fingerprint density at radius 3 is 1.94 bits per heavy atom. The highest BCUT2D eigenvalue weighted by Crippen LogP contribution is 2.08. The van der Waals surface area contributed by atoms with Crippen LogP contribution in [-0.2, 0) is 0 Å². The lowest BCUT2D eigenvalue weighted by atomic mass is 9.98. The van der Waals surface area contributed by atoms with E-state index < -0.39 is 0 Å². The predicted octanol–water partition coefficient (Wildman–Crippen LogP) is 4.62. The normalized spacial score (nSPS) is 13.3. The fourth-order valence-electron chi connectivity index (χ4n) is 1.77. The average molecular weight is 227 g/mol. The number of hydrogen-bond acceptors (Lipinski definition) is 1. The highest BCUT2D eigenvalue weighted by Gasteiger charge is 2.05. The van der Waals surface area contributed by atoms with E-state index in [1.165, 1.54) is 58.0 Å². The van der Waals surface area contributed by atoms with Crippen LogP contribution in [0.25, 0.3) is 0 Å². The SMILES string of the molecule is CCCCCCCCCNCC(C)C(C)C. The van der Waals surface area contributed by atoms with Gasteiger partial charge in [0.05, 0.1) is 0 Å². The first-order valence-electron chi connectivity index (χ1n) is 7.39. The van der Waals surface area contributed by atoms with Crippen molar-refractivity contribution in [2.24, 2.45) is 11.8 Å². The van der Waals surface area contributed by atoms with Crippen LogP contribution < -0.4 is 5.32 Å². The second kappa shape index (κ2) is 11.4. The van der Waals surface area contributed by atoms with E-state index in [0.29, 0.717) is 0 Å². The van der Waals surface area contributed by atoms with Gasteiger partial charge in [-0.05, 0) is 31.3 Å². The maximum absolute atomic E-state index is 3.57. The van der Waals surface area contributed by atoms with Gasteiger partial charge in [0.2, 0.25) is 0 Å². The number of nitrogens with one attached hydrogen (secondary N) is 1. The van der Waals surface area contributed by atoms with Crippen LogP contribution in [0.5, 0.6) is 0 Å². The number of unbranched alkanes of at least 4 members (excludes halogenated alkanes) is 6. The molecule has 0 saturated heterocycles. The van der Waals surface area contributed by atoms with Crippen molar-refractivity contribution in [3.05, 3.63) is 0 Å². The second-order valence-electron chi connectivity index (χ2n) is 5.55. The molecule has 98 valence electrons. The third kappa shape index (κ3) is 10.5. The van der Waals surface area contributed by atoms with Crippen molar-refractivity contribution in [1.29, 1.82) is 0 Å². The lowest BCUT2D eigenvalue weighted by Gasteiger charge is -2.15. The third-order valence-corrected chi connectivity index (χ3v) is 3.56. The quantitative estimate of drug-likeness (QED) is 0.508. The summed E-state index contributed by atoms with van der Waals surface area (Å²) in [6.45, 7) is 11.6. The molecule has 1 heteroatoms. The molecule has 0 heterocycles. The van der Waals surface area contributed by atoms with E-state index in [1.54, 1.807) is 0 Å². The molecule has 0 aliphatic heterocycles. The summed E-state index contributed by atoms with van der Waals surface area (Å²) in [6.07, 6.45) is 9.86. The largest absolute Gasteiger partial charge is 0.316 e. The highest BCUT2D eigenvalue weighted by molar-refractivity contribution is 4.60. The molecule has 16 heavy (non-hydrogen) atoms. The third-order valence-electron chi connectivity index (χ3n) is 3.56. The predicted molar refractivity (Wildman–Crippen MR) is 74.9 cm³/mol. The molecule has 0 aromatic heterocycles. The van der Waals surface area contributed by atoms with Crippen LogP contribution in [0.1, 0.15) is 72.6 Å². The van der Waals surface area contributed by atoms with E-state index in [4.69, 9.17) is 0 Å². The van der Waals surface area contributed by atoms with E-state index in [1.807, 2.05) is 0 Å². The Kier molecular flexibility index (Phi) is 11.4. The van der Waals surface area contributed by atoms with Crippen LogP contribution in [-0.4, -0.2) is 13.1 Å². The van der Waals surface area contributed by atoms with Crippen molar-refractivity contribution in [3.8, 4) is 0 Å². The molecule has 1 atom stereocenters. The van der Waals surface area contributed by atoms with E-state index in [0.717, 1.165) is 11.8 Å². The molecule has 1 nitrogen and oxygen atoms in total. The summed E-state index contributed by atoms with van der Waals surface area (Å²) >= 11 is 0. The molecule has 1 unspecified atom stereocenters. The highest BCUT2D eigenvalue weighted by atomic mass is 14.8. The zero-order valence-electron chi connectivity index (χ0n) is 12.0. The molecule has 0 radical (unpaired) electrons. The Morgan fingerprint density at radius 2 is 1.38 bits per heavy atom. The summed E-state index contributed by atoms with van der Waals surface area (Å²) in [4.78, 5) is 0. The van der Waals surface area contributed by atoms with Crippen molar-refractivity contribution >= 4 is 0 Å². The molecular formula is C15H33N. The van der Waals surface area contributed by atoms with Gasteiger partial charge in [-0.1, -0.05) is 66.2 Å². The van der Waals surface area contributed by atoms with Crippen molar-refractivity contribution in [2.75, 3.05) is 13.1 Å². The molecule has 0 fully saturated rings. The van der Waals surface area contributed by atoms with Gasteiger partial charge in [-0.2, -0.15) is 0 Å². The summed E-state index contributed by atoms with van der Waals surface area (Å²) < 4.78 is 0. The van der Waals surface area contributed by atoms with Crippen LogP contribution in [0.2, 0.25) is 0 Å². The Morgan fingerprint density at radius 1 is 0.812 bits per heavy atom. The lowest BCUT2D eigenvalue weighted by Crippen LogP contribution is -2.25. The topological polar surface area (TPSA) is 12.0 Å². The van der Waals surface area contributed by atoms with E-state index in [-0.39, 0.29) is 0 Å². The average Bonchev–Trinajstić information content (AvgIpc) is 2.26. The fourth-order valence-corrected chi connectivity index (χ4v) is 1.77. The molecule has 0 spiro atoms. The number of rotatable bonds is 11. The van der Waals surface area contributed by atoms with Gasteiger partial charge in [0.15, 0.2) is 0 Å². The minimum Gasteiger partial charge on any atom is -0.316 e. The van der Waals surface area contributed by atoms with Gasteiger partial charge < -0.3 is 5.32 Å². The Hall–Kier alpha value is -0.0400. The van der Waals surface area contributed by atoms with Crippen LogP contribution >= 0.6 is 0 Å². The Balaban J connectivity index is 3.04. The molecule has 0 aliphatic rings. The van der Waals surface area contributed by atoms with Gasteiger partial charge in [0, 0.05) is 0 Å². The fraction of sp³-hybridized carbons (Fsp3) is 1.00.